The van der Waals surface area contributed by atoms with E-state index in [0.717, 1.165) is 19.3 Å². The normalized spacial score (nSPS) is 17.1. The number of aromatic nitrogens is 1. The molecule has 1 unspecified atom stereocenters. The van der Waals surface area contributed by atoms with Gasteiger partial charge in [-0.05, 0) is 54.7 Å². The Balaban J connectivity index is 1.80. The van der Waals surface area contributed by atoms with Gasteiger partial charge in [-0.2, -0.15) is 4.39 Å². The fourth-order valence-electron chi connectivity index (χ4n) is 2.61. The zero-order valence-electron chi connectivity index (χ0n) is 11.5. The highest BCUT2D eigenvalue weighted by molar-refractivity contribution is 6.04. The molecule has 108 valence electrons. The zero-order valence-corrected chi connectivity index (χ0v) is 11.5. The lowest BCUT2D eigenvalue weighted by Gasteiger charge is -2.22. The lowest BCUT2D eigenvalue weighted by Crippen LogP contribution is -2.27. The van der Waals surface area contributed by atoms with Crippen molar-refractivity contribution in [1.82, 2.24) is 4.98 Å². The van der Waals surface area contributed by atoms with Crippen molar-refractivity contribution in [3.8, 4) is 0 Å². The molecule has 0 spiro atoms. The second-order valence-corrected chi connectivity index (χ2v) is 5.28. The molecule has 4 nitrogen and oxygen atoms in total. The van der Waals surface area contributed by atoms with Crippen LogP contribution in [0.15, 0.2) is 36.5 Å². The number of carbonyl (C=O) groups excluding carboxylic acids is 1. The fraction of sp³-hybridized carbons (Fsp3) is 0.250. The number of nitrogens with one attached hydrogen (secondary N) is 1. The second-order valence-electron chi connectivity index (χ2n) is 5.28. The Morgan fingerprint density at radius 2 is 2.19 bits per heavy atom. The first-order valence-electron chi connectivity index (χ1n) is 6.93. The van der Waals surface area contributed by atoms with Gasteiger partial charge >= 0.3 is 0 Å². The Labute approximate surface area is 122 Å². The predicted molar refractivity (Wildman–Crippen MR) is 78.6 cm³/mol. The SMILES string of the molecule is NC1CCc2cc(NC(=O)c3cccnc3F)ccc2C1. The van der Waals surface area contributed by atoms with Crippen LogP contribution >= 0.6 is 0 Å². The van der Waals surface area contributed by atoms with Gasteiger partial charge in [-0.3, -0.25) is 4.79 Å². The molecule has 3 rings (SSSR count). The Bertz CT molecular complexity index is 687. The summed E-state index contributed by atoms with van der Waals surface area (Å²) in [7, 11) is 0. The highest BCUT2D eigenvalue weighted by Crippen LogP contribution is 2.24. The van der Waals surface area contributed by atoms with Gasteiger partial charge in [0.05, 0.1) is 5.56 Å². The zero-order chi connectivity index (χ0) is 14.8. The number of rotatable bonds is 2. The number of halogens is 1. The van der Waals surface area contributed by atoms with Crippen molar-refractivity contribution >= 4 is 11.6 Å². The highest BCUT2D eigenvalue weighted by atomic mass is 19.1. The van der Waals surface area contributed by atoms with Gasteiger partial charge in [-0.25, -0.2) is 4.98 Å². The molecule has 0 bridgehead atoms. The molecule has 1 heterocycles. The molecular formula is C16H16FN3O. The topological polar surface area (TPSA) is 68.0 Å². The van der Waals surface area contributed by atoms with E-state index in [-0.39, 0.29) is 11.6 Å². The molecular weight excluding hydrogens is 269 g/mol. The van der Waals surface area contributed by atoms with E-state index in [9.17, 15) is 9.18 Å². The molecule has 1 aromatic heterocycles. The number of amides is 1. The van der Waals surface area contributed by atoms with Gasteiger partial charge in [0.1, 0.15) is 0 Å². The lowest BCUT2D eigenvalue weighted by molar-refractivity contribution is 0.102. The largest absolute Gasteiger partial charge is 0.327 e. The standard InChI is InChI=1S/C16H16FN3O/c17-15-14(2-1-7-19-15)16(21)20-13-6-4-10-8-12(18)5-3-11(10)9-13/h1-2,4,6-7,9,12H,3,5,8,18H2,(H,20,21). The van der Waals surface area contributed by atoms with Crippen molar-refractivity contribution in [3.05, 3.63) is 59.2 Å². The van der Waals surface area contributed by atoms with Crippen LogP contribution in [0, 0.1) is 5.95 Å². The van der Waals surface area contributed by atoms with Gasteiger partial charge in [0, 0.05) is 17.9 Å². The molecule has 1 aliphatic rings. The highest BCUT2D eigenvalue weighted by Gasteiger charge is 2.17. The number of hydrogen-bond acceptors (Lipinski definition) is 3. The number of nitrogens with zero attached hydrogens (tertiary/aromatic N) is 1. The van der Waals surface area contributed by atoms with Gasteiger partial charge in [-0.15, -0.1) is 0 Å². The first-order valence-corrected chi connectivity index (χ1v) is 6.93. The molecule has 5 heteroatoms. The Hall–Kier alpha value is -2.27. The Kier molecular flexibility index (Phi) is 3.66. The number of carbonyl (C=O) groups is 1. The minimum Gasteiger partial charge on any atom is -0.327 e. The van der Waals surface area contributed by atoms with Crippen molar-refractivity contribution < 1.29 is 9.18 Å². The minimum absolute atomic E-state index is 0.0581. The summed E-state index contributed by atoms with van der Waals surface area (Å²) in [5.41, 5.74) is 8.97. The molecule has 1 atom stereocenters. The third-order valence-corrected chi connectivity index (χ3v) is 3.73. The van der Waals surface area contributed by atoms with Crippen LogP contribution in [0.4, 0.5) is 10.1 Å². The predicted octanol–water partition coefficient (Wildman–Crippen LogP) is 2.29. The van der Waals surface area contributed by atoms with Gasteiger partial charge < -0.3 is 11.1 Å². The molecule has 0 aliphatic heterocycles. The number of pyridine rings is 1. The molecule has 1 aromatic carbocycles. The van der Waals surface area contributed by atoms with Crippen molar-refractivity contribution in [2.45, 2.75) is 25.3 Å². The summed E-state index contributed by atoms with van der Waals surface area (Å²) in [5, 5.41) is 2.71. The summed E-state index contributed by atoms with van der Waals surface area (Å²) in [5.74, 6) is -1.26. The Morgan fingerprint density at radius 1 is 1.33 bits per heavy atom. The molecule has 0 fully saturated rings. The van der Waals surface area contributed by atoms with Crippen LogP contribution in [-0.2, 0) is 12.8 Å². The van der Waals surface area contributed by atoms with Crippen LogP contribution in [-0.4, -0.2) is 16.9 Å². The van der Waals surface area contributed by atoms with Crippen LogP contribution in [0.5, 0.6) is 0 Å². The van der Waals surface area contributed by atoms with E-state index in [1.165, 1.54) is 29.5 Å². The summed E-state index contributed by atoms with van der Waals surface area (Å²) in [6.07, 6.45) is 4.03. The van der Waals surface area contributed by atoms with Crippen LogP contribution in [0.3, 0.4) is 0 Å². The number of hydrogen-bond donors (Lipinski definition) is 2. The van der Waals surface area contributed by atoms with Crippen molar-refractivity contribution in [2.24, 2.45) is 5.73 Å². The summed E-state index contributed by atoms with van der Waals surface area (Å²) in [6.45, 7) is 0. The number of aryl methyl sites for hydroxylation is 1. The number of nitrogens with two attached hydrogens (primary N) is 1. The minimum atomic E-state index is -0.765. The quantitative estimate of drug-likeness (QED) is 0.832. The molecule has 3 N–H and O–H groups in total. The van der Waals surface area contributed by atoms with Crippen LogP contribution in [0.2, 0.25) is 0 Å². The van der Waals surface area contributed by atoms with E-state index in [4.69, 9.17) is 5.73 Å². The van der Waals surface area contributed by atoms with Crippen molar-refractivity contribution in [2.75, 3.05) is 5.32 Å². The maximum Gasteiger partial charge on any atom is 0.260 e. The van der Waals surface area contributed by atoms with E-state index >= 15 is 0 Å². The first kappa shape index (κ1) is 13.7. The van der Waals surface area contributed by atoms with Crippen LogP contribution in [0.25, 0.3) is 0 Å². The number of fused-ring (bicyclic) bond motifs is 1. The third kappa shape index (κ3) is 2.92. The first-order chi connectivity index (χ1) is 10.1. The maximum atomic E-state index is 13.5. The van der Waals surface area contributed by atoms with E-state index in [0.29, 0.717) is 5.69 Å². The molecule has 2 aromatic rings. The third-order valence-electron chi connectivity index (χ3n) is 3.73. The van der Waals surface area contributed by atoms with Crippen LogP contribution in [0.1, 0.15) is 27.9 Å². The monoisotopic (exact) mass is 285 g/mol. The van der Waals surface area contributed by atoms with Gasteiger partial charge in [0.2, 0.25) is 5.95 Å². The average molecular weight is 285 g/mol. The summed E-state index contributed by atoms with van der Waals surface area (Å²) in [4.78, 5) is 15.5. The molecule has 0 saturated carbocycles. The van der Waals surface area contributed by atoms with E-state index in [1.807, 2.05) is 18.2 Å². The van der Waals surface area contributed by atoms with E-state index in [1.54, 1.807) is 0 Å². The molecule has 0 saturated heterocycles. The van der Waals surface area contributed by atoms with E-state index in [2.05, 4.69) is 10.3 Å². The molecule has 1 amide bonds. The van der Waals surface area contributed by atoms with E-state index < -0.39 is 11.9 Å². The summed E-state index contributed by atoms with van der Waals surface area (Å²) >= 11 is 0. The maximum absolute atomic E-state index is 13.5. The van der Waals surface area contributed by atoms with Crippen molar-refractivity contribution in [3.63, 3.8) is 0 Å². The Morgan fingerprint density at radius 3 is 3.00 bits per heavy atom. The summed E-state index contributed by atoms with van der Waals surface area (Å²) in [6, 6.07) is 8.89. The number of anilines is 1. The van der Waals surface area contributed by atoms with Gasteiger partial charge in [0.15, 0.2) is 0 Å². The molecule has 0 radical (unpaired) electrons. The van der Waals surface area contributed by atoms with Gasteiger partial charge in [0.25, 0.3) is 5.91 Å². The van der Waals surface area contributed by atoms with Crippen molar-refractivity contribution in [1.29, 1.82) is 0 Å². The second kappa shape index (κ2) is 5.61. The van der Waals surface area contributed by atoms with Crippen LogP contribution < -0.4 is 11.1 Å². The average Bonchev–Trinajstić information content (AvgIpc) is 2.48. The number of benzene rings is 1. The smallest absolute Gasteiger partial charge is 0.260 e. The fourth-order valence-corrected chi connectivity index (χ4v) is 2.61. The molecule has 1 aliphatic carbocycles. The summed E-state index contributed by atoms with van der Waals surface area (Å²) < 4.78 is 13.5. The van der Waals surface area contributed by atoms with Gasteiger partial charge in [-0.1, -0.05) is 6.07 Å². The molecule has 21 heavy (non-hydrogen) atoms. The lowest BCUT2D eigenvalue weighted by atomic mass is 9.88.